The minimum absolute atomic E-state index is 0.378. The predicted octanol–water partition coefficient (Wildman–Crippen LogP) is 1.80. The summed E-state index contributed by atoms with van der Waals surface area (Å²) in [4.78, 5) is 8.08. The number of nitrogens with one attached hydrogen (secondary N) is 1. The van der Waals surface area contributed by atoms with Gasteiger partial charge in [-0.25, -0.2) is 9.97 Å². The van der Waals surface area contributed by atoms with Crippen molar-refractivity contribution in [1.82, 2.24) is 9.97 Å². The topological polar surface area (TPSA) is 84.1 Å². The van der Waals surface area contributed by atoms with Crippen molar-refractivity contribution in [3.63, 3.8) is 0 Å². The number of aromatic nitrogens is 2. The molecule has 0 aromatic carbocycles. The lowest BCUT2D eigenvalue weighted by atomic mass is 9.78. The lowest BCUT2D eigenvalue weighted by molar-refractivity contribution is 0.00224. The summed E-state index contributed by atoms with van der Waals surface area (Å²) >= 11 is 0. The Hall–Kier alpha value is -1.36. The Labute approximate surface area is 108 Å². The molecule has 5 heteroatoms. The second kappa shape index (κ2) is 5.52. The van der Waals surface area contributed by atoms with Crippen LogP contribution in [-0.4, -0.2) is 27.2 Å². The summed E-state index contributed by atoms with van der Waals surface area (Å²) < 4.78 is 0. The first kappa shape index (κ1) is 13.1. The third-order valence-corrected chi connectivity index (χ3v) is 3.92. The molecular weight excluding hydrogens is 228 g/mol. The van der Waals surface area contributed by atoms with Crippen LogP contribution in [0.25, 0.3) is 0 Å². The Morgan fingerprint density at radius 3 is 2.67 bits per heavy atom. The summed E-state index contributed by atoms with van der Waals surface area (Å²) in [6.07, 6.45) is 8.26. The number of hydrogen-bond acceptors (Lipinski definition) is 5. The van der Waals surface area contributed by atoms with Gasteiger partial charge in [0.25, 0.3) is 0 Å². The van der Waals surface area contributed by atoms with Gasteiger partial charge in [-0.1, -0.05) is 13.3 Å². The zero-order valence-corrected chi connectivity index (χ0v) is 10.9. The van der Waals surface area contributed by atoms with Crippen molar-refractivity contribution in [1.29, 1.82) is 0 Å². The molecule has 0 amide bonds. The van der Waals surface area contributed by atoms with E-state index < -0.39 is 5.60 Å². The maximum Gasteiger partial charge on any atom is 0.169 e. The molecule has 1 heterocycles. The molecule has 1 saturated carbocycles. The molecule has 1 fully saturated rings. The van der Waals surface area contributed by atoms with Gasteiger partial charge in [-0.2, -0.15) is 0 Å². The molecule has 1 aliphatic carbocycles. The quantitative estimate of drug-likeness (QED) is 0.759. The highest BCUT2D eigenvalue weighted by molar-refractivity contribution is 5.55. The maximum absolute atomic E-state index is 10.5. The number of hydrogen-bond donors (Lipinski definition) is 3. The van der Waals surface area contributed by atoms with Gasteiger partial charge < -0.3 is 16.2 Å². The average Bonchev–Trinajstić information content (AvgIpc) is 2.39. The van der Waals surface area contributed by atoms with Crippen molar-refractivity contribution in [2.75, 3.05) is 17.6 Å². The minimum Gasteiger partial charge on any atom is -0.388 e. The van der Waals surface area contributed by atoms with Gasteiger partial charge in [-0.15, -0.1) is 0 Å². The Balaban J connectivity index is 1.88. The first-order valence-corrected chi connectivity index (χ1v) is 6.66. The van der Waals surface area contributed by atoms with Gasteiger partial charge in [0.05, 0.1) is 5.60 Å². The second-order valence-corrected chi connectivity index (χ2v) is 5.22. The molecule has 0 atom stereocenters. The highest BCUT2D eigenvalue weighted by Gasteiger charge is 2.32. The normalized spacial score (nSPS) is 28.0. The minimum atomic E-state index is -0.629. The molecule has 1 aromatic rings. The second-order valence-electron chi connectivity index (χ2n) is 5.22. The van der Waals surface area contributed by atoms with E-state index in [2.05, 4.69) is 22.2 Å². The van der Waals surface area contributed by atoms with Crippen molar-refractivity contribution >= 4 is 11.6 Å². The standard InChI is InChI=1S/C13H22N4O/c1-2-10-3-5-13(18,6-4-10)9-17-12-11(14)15-7-8-16-12/h7-8,10,18H,2-6,9H2,1H3,(H2,14,15)(H,16,17). The third-order valence-electron chi connectivity index (χ3n) is 3.92. The molecule has 0 saturated heterocycles. The molecular formula is C13H22N4O. The predicted molar refractivity (Wildman–Crippen MR) is 72.1 cm³/mol. The molecule has 18 heavy (non-hydrogen) atoms. The van der Waals surface area contributed by atoms with E-state index in [1.807, 2.05) is 0 Å². The summed E-state index contributed by atoms with van der Waals surface area (Å²) in [5.74, 6) is 1.71. The van der Waals surface area contributed by atoms with E-state index in [0.717, 1.165) is 31.6 Å². The molecule has 1 aromatic heterocycles. The SMILES string of the molecule is CCC1CCC(O)(CNc2nccnc2N)CC1. The smallest absolute Gasteiger partial charge is 0.169 e. The summed E-state index contributed by atoms with van der Waals surface area (Å²) in [6, 6.07) is 0. The van der Waals surface area contributed by atoms with Gasteiger partial charge >= 0.3 is 0 Å². The van der Waals surface area contributed by atoms with E-state index >= 15 is 0 Å². The van der Waals surface area contributed by atoms with Crippen molar-refractivity contribution < 1.29 is 5.11 Å². The number of anilines is 2. The van der Waals surface area contributed by atoms with Crippen LogP contribution in [0.3, 0.4) is 0 Å². The van der Waals surface area contributed by atoms with Gasteiger partial charge in [-0.3, -0.25) is 0 Å². The summed E-state index contributed by atoms with van der Waals surface area (Å²) in [5.41, 5.74) is 5.08. The molecule has 0 spiro atoms. The highest BCUT2D eigenvalue weighted by Crippen LogP contribution is 2.33. The molecule has 2 rings (SSSR count). The van der Waals surface area contributed by atoms with Crippen molar-refractivity contribution in [2.45, 2.75) is 44.6 Å². The van der Waals surface area contributed by atoms with E-state index in [0.29, 0.717) is 18.2 Å². The molecule has 0 unspecified atom stereocenters. The van der Waals surface area contributed by atoms with Crippen LogP contribution < -0.4 is 11.1 Å². The van der Waals surface area contributed by atoms with Crippen molar-refractivity contribution in [3.8, 4) is 0 Å². The summed E-state index contributed by atoms with van der Waals surface area (Å²) in [5, 5.41) is 13.6. The Bertz CT molecular complexity index is 388. The Morgan fingerprint density at radius 1 is 1.39 bits per heavy atom. The average molecular weight is 250 g/mol. The van der Waals surface area contributed by atoms with Crippen LogP contribution in [0.1, 0.15) is 39.0 Å². The number of nitrogens with zero attached hydrogens (tertiary/aromatic N) is 2. The molecule has 5 nitrogen and oxygen atoms in total. The number of rotatable bonds is 4. The van der Waals surface area contributed by atoms with Crippen molar-refractivity contribution in [2.24, 2.45) is 5.92 Å². The van der Waals surface area contributed by atoms with E-state index in [4.69, 9.17) is 5.73 Å². The first-order chi connectivity index (χ1) is 8.63. The van der Waals surface area contributed by atoms with Crippen molar-refractivity contribution in [3.05, 3.63) is 12.4 Å². The monoisotopic (exact) mass is 250 g/mol. The van der Waals surface area contributed by atoms with Gasteiger partial charge in [0.2, 0.25) is 0 Å². The molecule has 0 radical (unpaired) electrons. The zero-order chi connectivity index (χ0) is 13.0. The fourth-order valence-electron chi connectivity index (χ4n) is 2.53. The zero-order valence-electron chi connectivity index (χ0n) is 10.9. The highest BCUT2D eigenvalue weighted by atomic mass is 16.3. The first-order valence-electron chi connectivity index (χ1n) is 6.66. The molecule has 100 valence electrons. The van der Waals surface area contributed by atoms with Crippen LogP contribution in [0.4, 0.5) is 11.6 Å². The summed E-state index contributed by atoms with van der Waals surface area (Å²) in [6.45, 7) is 2.71. The van der Waals surface area contributed by atoms with E-state index in [1.54, 1.807) is 12.4 Å². The third kappa shape index (κ3) is 3.10. The van der Waals surface area contributed by atoms with Crippen LogP contribution in [-0.2, 0) is 0 Å². The van der Waals surface area contributed by atoms with Crippen LogP contribution in [0.5, 0.6) is 0 Å². The van der Waals surface area contributed by atoms with Crippen LogP contribution in [0.2, 0.25) is 0 Å². The maximum atomic E-state index is 10.5. The number of nitrogens with two attached hydrogens (primary N) is 1. The summed E-state index contributed by atoms with van der Waals surface area (Å²) in [7, 11) is 0. The fourth-order valence-corrected chi connectivity index (χ4v) is 2.53. The number of aliphatic hydroxyl groups is 1. The van der Waals surface area contributed by atoms with E-state index in [9.17, 15) is 5.11 Å². The van der Waals surface area contributed by atoms with Gasteiger partial charge in [0, 0.05) is 18.9 Å². The molecule has 0 aliphatic heterocycles. The van der Waals surface area contributed by atoms with Gasteiger partial charge in [0.15, 0.2) is 11.6 Å². The molecule has 0 bridgehead atoms. The Kier molecular flexibility index (Phi) is 4.01. The van der Waals surface area contributed by atoms with E-state index in [-0.39, 0.29) is 0 Å². The Morgan fingerprint density at radius 2 is 2.06 bits per heavy atom. The lowest BCUT2D eigenvalue weighted by Gasteiger charge is -2.36. The molecule has 1 aliphatic rings. The van der Waals surface area contributed by atoms with Crippen LogP contribution in [0, 0.1) is 5.92 Å². The van der Waals surface area contributed by atoms with Gasteiger partial charge in [-0.05, 0) is 31.6 Å². The van der Waals surface area contributed by atoms with Crippen LogP contribution >= 0.6 is 0 Å². The number of nitrogen functional groups attached to an aromatic ring is 1. The fraction of sp³-hybridized carbons (Fsp3) is 0.692. The van der Waals surface area contributed by atoms with Crippen LogP contribution in [0.15, 0.2) is 12.4 Å². The van der Waals surface area contributed by atoms with E-state index in [1.165, 1.54) is 6.42 Å². The largest absolute Gasteiger partial charge is 0.388 e. The molecule has 4 N–H and O–H groups in total. The lowest BCUT2D eigenvalue weighted by Crippen LogP contribution is -2.40. The van der Waals surface area contributed by atoms with Gasteiger partial charge in [0.1, 0.15) is 0 Å².